The summed E-state index contributed by atoms with van der Waals surface area (Å²) in [5.41, 5.74) is 1.82. The summed E-state index contributed by atoms with van der Waals surface area (Å²) in [4.78, 5) is 2.46. The second-order valence-electron chi connectivity index (χ2n) is 8.43. The third-order valence-electron chi connectivity index (χ3n) is 7.04. The van der Waals surface area contributed by atoms with Crippen molar-refractivity contribution < 1.29 is 17.0 Å². The van der Waals surface area contributed by atoms with Gasteiger partial charge in [-0.2, -0.15) is 0 Å². The van der Waals surface area contributed by atoms with Crippen molar-refractivity contribution in [2.75, 3.05) is 26.6 Å². The second-order valence-corrected chi connectivity index (χ2v) is 11.0. The summed E-state index contributed by atoms with van der Waals surface area (Å²) in [5.74, 6) is 4.14. The third-order valence-corrected chi connectivity index (χ3v) is 7.04. The molecule has 1 heterocycles. The Hall–Kier alpha value is 0.654. The first-order valence-electron chi connectivity index (χ1n) is 10.6. The molecule has 0 N–H and O–H groups in total. The fourth-order valence-electron chi connectivity index (χ4n) is 5.84. The molecule has 0 aromatic rings. The Bertz CT molecular complexity index is 502. The van der Waals surface area contributed by atoms with Crippen molar-refractivity contribution >= 4 is 18.6 Å². The van der Waals surface area contributed by atoms with Gasteiger partial charge in [0.2, 0.25) is 0 Å². The molecule has 3 fully saturated rings. The van der Waals surface area contributed by atoms with E-state index in [4.69, 9.17) is 18.6 Å². The summed E-state index contributed by atoms with van der Waals surface area (Å²) < 4.78 is 0. The number of fused-ring (bicyclic) bond motifs is 1. The minimum absolute atomic E-state index is 0. The molecule has 1 aliphatic heterocycles. The molecular formula is C22H36Cl2N3Ti+. The van der Waals surface area contributed by atoms with Crippen LogP contribution in [0.25, 0.3) is 10.6 Å². The number of hydrogen-bond acceptors (Lipinski definition) is 1. The Morgan fingerprint density at radius 3 is 2.46 bits per heavy atom. The van der Waals surface area contributed by atoms with Crippen LogP contribution >= 0.6 is 18.6 Å². The monoisotopic (exact) mass is 460 g/mol. The molecule has 4 unspecified atom stereocenters. The third kappa shape index (κ3) is 6.33. The van der Waals surface area contributed by atoms with Gasteiger partial charge in [0.1, 0.15) is 0 Å². The number of allylic oxidation sites excluding steroid dienone is 4. The first-order valence-corrected chi connectivity index (χ1v) is 14.9. The van der Waals surface area contributed by atoms with Crippen LogP contribution in [0.4, 0.5) is 0 Å². The van der Waals surface area contributed by atoms with Gasteiger partial charge in [0, 0.05) is 0 Å². The van der Waals surface area contributed by atoms with Gasteiger partial charge >= 0.3 is 35.6 Å². The Labute approximate surface area is 189 Å². The quantitative estimate of drug-likeness (QED) is 0.325. The van der Waals surface area contributed by atoms with Gasteiger partial charge in [0.25, 0.3) is 0 Å². The summed E-state index contributed by atoms with van der Waals surface area (Å²) >= 11 is -0.556. The summed E-state index contributed by atoms with van der Waals surface area (Å²) in [5, 5.41) is 8.95. The Balaban J connectivity index is 0.000000660. The Morgan fingerprint density at radius 2 is 1.82 bits per heavy atom. The second kappa shape index (κ2) is 13.1. The average molecular weight is 461 g/mol. The van der Waals surface area contributed by atoms with E-state index < -0.39 is 17.0 Å². The molecule has 0 aromatic carbocycles. The van der Waals surface area contributed by atoms with Crippen molar-refractivity contribution in [3.05, 3.63) is 41.9 Å². The molecular weight excluding hydrogens is 425 g/mol. The fourth-order valence-corrected chi connectivity index (χ4v) is 5.84. The van der Waals surface area contributed by atoms with Crippen LogP contribution in [0.1, 0.15) is 51.9 Å². The summed E-state index contributed by atoms with van der Waals surface area (Å²) in [6.07, 6.45) is 17.4. The molecule has 0 bridgehead atoms. The van der Waals surface area contributed by atoms with Crippen molar-refractivity contribution in [3.8, 4) is 0 Å². The van der Waals surface area contributed by atoms with Gasteiger partial charge in [-0.05, 0) is 55.4 Å². The molecule has 4 aliphatic rings. The zero-order chi connectivity index (χ0) is 19.1. The van der Waals surface area contributed by atoms with E-state index in [1.54, 1.807) is 0 Å². The topological polar surface area (TPSA) is 31.4 Å². The van der Waals surface area contributed by atoms with E-state index in [0.29, 0.717) is 6.67 Å². The SMILES string of the molecule is CCC1CC2C(C3CCCCC3)=CC=CC2C1CN1C[N-]C[N-]C1.[CH3-].[Cl][Ti+4][Cl]. The van der Waals surface area contributed by atoms with Gasteiger partial charge in [0.05, 0.1) is 0 Å². The van der Waals surface area contributed by atoms with Gasteiger partial charge < -0.3 is 23.0 Å². The van der Waals surface area contributed by atoms with Crippen LogP contribution in [0.15, 0.2) is 23.8 Å². The molecule has 6 heteroatoms. The van der Waals surface area contributed by atoms with Crippen LogP contribution in [0.5, 0.6) is 0 Å². The molecule has 1 saturated heterocycles. The van der Waals surface area contributed by atoms with E-state index >= 15 is 0 Å². The minimum atomic E-state index is -0.556. The van der Waals surface area contributed by atoms with Gasteiger partial charge in [-0.15, -0.1) is 0 Å². The number of halogens is 2. The normalized spacial score (nSPS) is 33.5. The van der Waals surface area contributed by atoms with Crippen molar-refractivity contribution in [2.45, 2.75) is 51.9 Å². The first kappa shape index (κ1) is 24.9. The van der Waals surface area contributed by atoms with Crippen LogP contribution in [0.2, 0.25) is 0 Å². The molecule has 28 heavy (non-hydrogen) atoms. The van der Waals surface area contributed by atoms with Crippen LogP contribution < -0.4 is 0 Å². The summed E-state index contributed by atoms with van der Waals surface area (Å²) in [6.45, 7) is 6.08. The fraction of sp³-hybridized carbons (Fsp3) is 0.773. The van der Waals surface area contributed by atoms with Crippen LogP contribution in [0, 0.1) is 37.0 Å². The van der Waals surface area contributed by atoms with Crippen LogP contribution in [-0.4, -0.2) is 31.5 Å². The maximum atomic E-state index is 4.89. The summed E-state index contributed by atoms with van der Waals surface area (Å²) in [7, 11) is 9.78. The molecule has 3 aliphatic carbocycles. The predicted molar refractivity (Wildman–Crippen MR) is 119 cm³/mol. The molecule has 3 nitrogen and oxygen atoms in total. The van der Waals surface area contributed by atoms with E-state index in [2.05, 4.69) is 40.7 Å². The predicted octanol–water partition coefficient (Wildman–Crippen LogP) is 7.10. The Kier molecular flexibility index (Phi) is 11.7. The Morgan fingerprint density at radius 1 is 1.14 bits per heavy atom. The van der Waals surface area contributed by atoms with E-state index in [-0.39, 0.29) is 7.43 Å². The zero-order valence-electron chi connectivity index (χ0n) is 17.5. The molecule has 4 rings (SSSR count). The maximum absolute atomic E-state index is 4.89. The molecule has 2 saturated carbocycles. The van der Waals surface area contributed by atoms with Gasteiger partial charge in [0.15, 0.2) is 0 Å². The standard InChI is InChI=1S/C21H33N3.CH3.2ClH.Ti/c1-2-16-11-20-18(17-7-4-3-5-8-17)9-6-10-19(20)21(16)12-24-14-22-13-23-15-24;;;;/h6,9-10,16-17,19-21H,2-5,7-8,11-15H2,1H3;1H3;2*1H;/q-2;-1;;;+6/p-2. The van der Waals surface area contributed by atoms with E-state index in [0.717, 1.165) is 42.9 Å². The average Bonchev–Trinajstić information content (AvgIpc) is 3.08. The van der Waals surface area contributed by atoms with Gasteiger partial charge in [-0.1, -0.05) is 69.7 Å². The van der Waals surface area contributed by atoms with Gasteiger partial charge in [-0.3, -0.25) is 6.67 Å². The molecule has 0 spiro atoms. The molecule has 0 amide bonds. The van der Waals surface area contributed by atoms with Crippen molar-refractivity contribution in [1.29, 1.82) is 0 Å². The number of rotatable bonds is 4. The first-order chi connectivity index (χ1) is 13.3. The molecule has 4 atom stereocenters. The van der Waals surface area contributed by atoms with E-state index in [1.807, 2.05) is 5.57 Å². The number of nitrogens with zero attached hydrogens (tertiary/aromatic N) is 3. The molecule has 0 aromatic heterocycles. The van der Waals surface area contributed by atoms with Crippen LogP contribution in [-0.2, 0) is 17.0 Å². The number of hydrogen-bond donors (Lipinski definition) is 0. The van der Waals surface area contributed by atoms with Crippen LogP contribution in [0.3, 0.4) is 0 Å². The van der Waals surface area contributed by atoms with E-state index in [9.17, 15) is 0 Å². The molecule has 0 radical (unpaired) electrons. The zero-order valence-corrected chi connectivity index (χ0v) is 20.6. The van der Waals surface area contributed by atoms with E-state index in [1.165, 1.54) is 51.5 Å². The molecule has 156 valence electrons. The summed E-state index contributed by atoms with van der Waals surface area (Å²) in [6, 6.07) is 0. The van der Waals surface area contributed by atoms with Crippen molar-refractivity contribution in [3.63, 3.8) is 0 Å². The van der Waals surface area contributed by atoms with Crippen molar-refractivity contribution in [1.82, 2.24) is 4.90 Å². The van der Waals surface area contributed by atoms with Gasteiger partial charge in [-0.25, -0.2) is 0 Å². The van der Waals surface area contributed by atoms with Crippen molar-refractivity contribution in [2.24, 2.45) is 29.6 Å².